The molecule has 1 aliphatic rings. The molecule has 0 amide bonds. The minimum atomic E-state index is -3.99. The van der Waals surface area contributed by atoms with Crippen molar-refractivity contribution in [3.05, 3.63) is 48.0 Å². The third-order valence-corrected chi connectivity index (χ3v) is 6.29. The number of ether oxygens (including phenoxy) is 6. The second-order valence-electron chi connectivity index (χ2n) is 8.25. The maximum atomic E-state index is 12.1. The summed E-state index contributed by atoms with van der Waals surface area (Å²) in [6, 6.07) is 5.99. The molecule has 1 saturated heterocycles. The Morgan fingerprint density at radius 3 is 1.66 bits per heavy atom. The third kappa shape index (κ3) is 6.81. The van der Waals surface area contributed by atoms with Crippen LogP contribution in [-0.2, 0) is 35.5 Å². The first-order valence-corrected chi connectivity index (χ1v) is 14.7. The summed E-state index contributed by atoms with van der Waals surface area (Å²) in [5.74, 6) is -1.39. The highest BCUT2D eigenvalue weighted by Gasteiger charge is 2.36. The SMILES string of the molecule is C=CC(Oc1cc(C2(C)OCCO2)cc(OC)c1OS(C)(=O)=O)c1cc(OC)c(OS(C)(=O)=O)c(OC)c1. The van der Waals surface area contributed by atoms with E-state index < -0.39 is 32.1 Å². The first-order chi connectivity index (χ1) is 17.7. The standard InChI is InChI=1S/C24H30O12S2/c1-8-17(15-11-18(29-3)22(19(12-15)30-4)35-37(6,25)26)34-21-14-16(24(2)32-9-10-33-24)13-20(31-5)23(21)36-38(7,27)28/h8,11-14,17H,1,9-10H2,2-7H3. The summed E-state index contributed by atoms with van der Waals surface area (Å²) >= 11 is 0. The Morgan fingerprint density at radius 2 is 1.24 bits per heavy atom. The van der Waals surface area contributed by atoms with Crippen LogP contribution < -0.4 is 27.3 Å². The van der Waals surface area contributed by atoms with Gasteiger partial charge in [-0.1, -0.05) is 6.58 Å². The van der Waals surface area contributed by atoms with E-state index in [0.717, 1.165) is 12.5 Å². The van der Waals surface area contributed by atoms with Crippen LogP contribution in [0.25, 0.3) is 0 Å². The van der Waals surface area contributed by atoms with Gasteiger partial charge in [0.05, 0.1) is 47.1 Å². The number of rotatable bonds is 12. The van der Waals surface area contributed by atoms with Crippen molar-refractivity contribution in [2.45, 2.75) is 18.8 Å². The maximum absolute atomic E-state index is 12.1. The van der Waals surface area contributed by atoms with Crippen molar-refractivity contribution >= 4 is 20.2 Å². The molecule has 0 bridgehead atoms. The van der Waals surface area contributed by atoms with Gasteiger partial charge in [0, 0.05) is 11.1 Å². The number of hydrogen-bond acceptors (Lipinski definition) is 12. The summed E-state index contributed by atoms with van der Waals surface area (Å²) in [7, 11) is -3.90. The van der Waals surface area contributed by atoms with Crippen molar-refractivity contribution in [2.24, 2.45) is 0 Å². The smallest absolute Gasteiger partial charge is 0.306 e. The van der Waals surface area contributed by atoms with E-state index in [9.17, 15) is 16.8 Å². The highest BCUT2D eigenvalue weighted by molar-refractivity contribution is 7.86. The predicted molar refractivity (Wildman–Crippen MR) is 136 cm³/mol. The Hall–Kier alpha value is -3.20. The van der Waals surface area contributed by atoms with E-state index in [2.05, 4.69) is 6.58 Å². The molecule has 14 heteroatoms. The topological polar surface area (TPSA) is 142 Å². The van der Waals surface area contributed by atoms with Crippen LogP contribution in [0.4, 0.5) is 0 Å². The van der Waals surface area contributed by atoms with Gasteiger partial charge < -0.3 is 36.8 Å². The van der Waals surface area contributed by atoms with Crippen LogP contribution in [0.15, 0.2) is 36.9 Å². The van der Waals surface area contributed by atoms with Gasteiger partial charge in [-0.2, -0.15) is 16.8 Å². The highest BCUT2D eigenvalue weighted by atomic mass is 32.2. The van der Waals surface area contributed by atoms with Gasteiger partial charge in [0.1, 0.15) is 6.10 Å². The van der Waals surface area contributed by atoms with E-state index in [4.69, 9.17) is 36.8 Å². The molecule has 0 radical (unpaired) electrons. The molecule has 1 heterocycles. The molecule has 0 aliphatic carbocycles. The Kier molecular flexibility index (Phi) is 8.71. The van der Waals surface area contributed by atoms with Crippen LogP contribution in [0.3, 0.4) is 0 Å². The Bertz CT molecular complexity index is 1370. The fourth-order valence-electron chi connectivity index (χ4n) is 3.68. The van der Waals surface area contributed by atoms with E-state index in [0.29, 0.717) is 24.3 Å². The van der Waals surface area contributed by atoms with Crippen molar-refractivity contribution in [3.63, 3.8) is 0 Å². The van der Waals surface area contributed by atoms with E-state index in [1.165, 1.54) is 51.7 Å². The second kappa shape index (κ2) is 11.3. The van der Waals surface area contributed by atoms with Crippen LogP contribution in [0.1, 0.15) is 24.2 Å². The van der Waals surface area contributed by atoms with Gasteiger partial charge in [0.15, 0.2) is 28.8 Å². The average molecular weight is 575 g/mol. The van der Waals surface area contributed by atoms with Crippen molar-refractivity contribution in [1.29, 1.82) is 0 Å². The average Bonchev–Trinajstić information content (AvgIpc) is 3.29. The van der Waals surface area contributed by atoms with Gasteiger partial charge in [-0.3, -0.25) is 0 Å². The largest absolute Gasteiger partial charge is 0.493 e. The van der Waals surface area contributed by atoms with Crippen molar-refractivity contribution in [1.82, 2.24) is 0 Å². The molecular formula is C24H30O12S2. The normalized spacial score (nSPS) is 15.8. The fraction of sp³-hybridized carbons (Fsp3) is 0.417. The lowest BCUT2D eigenvalue weighted by Crippen LogP contribution is -2.23. The fourth-order valence-corrected chi connectivity index (χ4v) is 4.61. The lowest BCUT2D eigenvalue weighted by Gasteiger charge is -2.26. The summed E-state index contributed by atoms with van der Waals surface area (Å²) in [5.41, 5.74) is 0.890. The lowest BCUT2D eigenvalue weighted by molar-refractivity contribution is -0.149. The summed E-state index contributed by atoms with van der Waals surface area (Å²) in [6.45, 7) is 6.23. The Morgan fingerprint density at radius 1 is 0.816 bits per heavy atom. The molecule has 2 aromatic rings. The number of benzene rings is 2. The van der Waals surface area contributed by atoms with Crippen LogP contribution in [0.2, 0.25) is 0 Å². The molecule has 1 unspecified atom stereocenters. The van der Waals surface area contributed by atoms with E-state index in [1.807, 2.05) is 0 Å². The van der Waals surface area contributed by atoms with E-state index in [1.54, 1.807) is 6.92 Å². The summed E-state index contributed by atoms with van der Waals surface area (Å²) < 4.78 is 91.7. The van der Waals surface area contributed by atoms with E-state index in [-0.39, 0.29) is 34.5 Å². The van der Waals surface area contributed by atoms with Gasteiger partial charge in [-0.25, -0.2) is 0 Å². The molecule has 2 aromatic carbocycles. The molecule has 1 aliphatic heterocycles. The molecular weight excluding hydrogens is 544 g/mol. The van der Waals surface area contributed by atoms with Gasteiger partial charge in [0.2, 0.25) is 11.5 Å². The zero-order chi connectivity index (χ0) is 28.3. The van der Waals surface area contributed by atoms with Gasteiger partial charge in [-0.05, 0) is 37.3 Å². The minimum Gasteiger partial charge on any atom is -0.493 e. The Labute approximate surface area is 222 Å². The molecule has 12 nitrogen and oxygen atoms in total. The molecule has 1 atom stereocenters. The van der Waals surface area contributed by atoms with Gasteiger partial charge >= 0.3 is 20.2 Å². The monoisotopic (exact) mass is 574 g/mol. The minimum absolute atomic E-state index is 0.0237. The van der Waals surface area contributed by atoms with Crippen LogP contribution in [-0.4, -0.2) is 63.9 Å². The Balaban J connectivity index is 2.16. The molecule has 3 rings (SSSR count). The molecule has 0 spiro atoms. The third-order valence-electron chi connectivity index (χ3n) is 5.35. The predicted octanol–water partition coefficient (Wildman–Crippen LogP) is 2.91. The number of hydrogen-bond donors (Lipinski definition) is 0. The van der Waals surface area contributed by atoms with Crippen LogP contribution >= 0.6 is 0 Å². The molecule has 210 valence electrons. The summed E-state index contributed by atoms with van der Waals surface area (Å²) in [5, 5.41) is 0. The van der Waals surface area contributed by atoms with E-state index >= 15 is 0 Å². The molecule has 0 saturated carbocycles. The van der Waals surface area contributed by atoms with Crippen molar-refractivity contribution in [3.8, 4) is 34.5 Å². The summed E-state index contributed by atoms with van der Waals surface area (Å²) in [6.07, 6.45) is 2.26. The number of methoxy groups -OCH3 is 3. The highest BCUT2D eigenvalue weighted by Crippen LogP contribution is 2.47. The zero-order valence-electron chi connectivity index (χ0n) is 21.8. The van der Waals surface area contributed by atoms with Crippen LogP contribution in [0.5, 0.6) is 34.5 Å². The van der Waals surface area contributed by atoms with Gasteiger partial charge in [-0.15, -0.1) is 0 Å². The maximum Gasteiger partial charge on any atom is 0.306 e. The molecule has 38 heavy (non-hydrogen) atoms. The zero-order valence-corrected chi connectivity index (χ0v) is 23.4. The first kappa shape index (κ1) is 29.4. The quantitative estimate of drug-likeness (QED) is 0.272. The van der Waals surface area contributed by atoms with Crippen molar-refractivity contribution < 1.29 is 53.6 Å². The van der Waals surface area contributed by atoms with Gasteiger partial charge in [0.25, 0.3) is 0 Å². The summed E-state index contributed by atoms with van der Waals surface area (Å²) in [4.78, 5) is 0. The second-order valence-corrected chi connectivity index (χ2v) is 11.4. The first-order valence-electron chi connectivity index (χ1n) is 11.1. The van der Waals surface area contributed by atoms with Crippen LogP contribution in [0, 0.1) is 0 Å². The lowest BCUT2D eigenvalue weighted by atomic mass is 10.0. The molecule has 1 fully saturated rings. The molecule has 0 aromatic heterocycles. The van der Waals surface area contributed by atoms with Crippen molar-refractivity contribution in [2.75, 3.05) is 47.1 Å². The molecule has 0 N–H and O–H groups in total.